The summed E-state index contributed by atoms with van der Waals surface area (Å²) in [7, 11) is 0. The molecule has 1 fully saturated rings. The fourth-order valence-electron chi connectivity index (χ4n) is 3.16. The summed E-state index contributed by atoms with van der Waals surface area (Å²) in [5, 5.41) is 2.82. The van der Waals surface area contributed by atoms with E-state index in [1.165, 1.54) is 6.92 Å². The Hall–Kier alpha value is -2.99. The van der Waals surface area contributed by atoms with E-state index in [0.717, 1.165) is 0 Å². The van der Waals surface area contributed by atoms with E-state index in [0.29, 0.717) is 43.0 Å². The lowest BCUT2D eigenvalue weighted by molar-refractivity contribution is -0.117. The minimum Gasteiger partial charge on any atom is -0.336 e. The third-order valence-electron chi connectivity index (χ3n) is 4.63. The first-order chi connectivity index (χ1) is 13.0. The number of ketones is 1. The van der Waals surface area contributed by atoms with Crippen molar-refractivity contribution >= 4 is 23.3 Å². The number of amides is 2. The molecule has 1 saturated heterocycles. The smallest absolute Gasteiger partial charge is 0.253 e. The number of rotatable bonds is 5. The van der Waals surface area contributed by atoms with Gasteiger partial charge in [0.05, 0.1) is 12.2 Å². The molecule has 2 amide bonds. The van der Waals surface area contributed by atoms with Crippen LogP contribution in [0.1, 0.15) is 27.6 Å². The molecular formula is C21H23N3O3. The first-order valence-corrected chi connectivity index (χ1v) is 9.01. The van der Waals surface area contributed by atoms with E-state index < -0.39 is 0 Å². The maximum Gasteiger partial charge on any atom is 0.253 e. The molecule has 0 unspecified atom stereocenters. The summed E-state index contributed by atoms with van der Waals surface area (Å²) in [5.74, 6) is -0.222. The number of benzene rings is 2. The van der Waals surface area contributed by atoms with E-state index in [4.69, 9.17) is 0 Å². The van der Waals surface area contributed by atoms with Crippen LogP contribution in [0.15, 0.2) is 54.6 Å². The lowest BCUT2D eigenvalue weighted by atomic mass is 10.1. The fraction of sp³-hybridized carbons (Fsp3) is 0.286. The summed E-state index contributed by atoms with van der Waals surface area (Å²) in [6.45, 7) is 4.17. The van der Waals surface area contributed by atoms with Crippen molar-refractivity contribution in [3.8, 4) is 0 Å². The van der Waals surface area contributed by atoms with Crippen molar-refractivity contribution < 1.29 is 14.4 Å². The number of hydrogen-bond acceptors (Lipinski definition) is 4. The molecule has 0 atom stereocenters. The molecule has 1 heterocycles. The normalized spacial score (nSPS) is 14.6. The van der Waals surface area contributed by atoms with E-state index >= 15 is 0 Å². The fourth-order valence-corrected chi connectivity index (χ4v) is 3.16. The Morgan fingerprint density at radius 1 is 0.889 bits per heavy atom. The van der Waals surface area contributed by atoms with Gasteiger partial charge >= 0.3 is 0 Å². The van der Waals surface area contributed by atoms with Crippen LogP contribution in [0.3, 0.4) is 0 Å². The summed E-state index contributed by atoms with van der Waals surface area (Å²) in [6.07, 6.45) is 0. The Morgan fingerprint density at radius 3 is 2.19 bits per heavy atom. The third kappa shape index (κ3) is 4.80. The van der Waals surface area contributed by atoms with Crippen LogP contribution in [0.5, 0.6) is 0 Å². The maximum atomic E-state index is 12.5. The monoisotopic (exact) mass is 365 g/mol. The van der Waals surface area contributed by atoms with Gasteiger partial charge in [0, 0.05) is 37.3 Å². The zero-order chi connectivity index (χ0) is 19.2. The number of carbonyl (C=O) groups excluding carboxylic acids is 3. The molecule has 2 aromatic carbocycles. The molecule has 140 valence electrons. The zero-order valence-corrected chi connectivity index (χ0v) is 15.4. The number of para-hydroxylation sites is 1. The molecule has 6 nitrogen and oxygen atoms in total. The van der Waals surface area contributed by atoms with Crippen LogP contribution < -0.4 is 5.32 Å². The molecule has 3 rings (SSSR count). The van der Waals surface area contributed by atoms with Gasteiger partial charge in [0.15, 0.2) is 5.78 Å². The molecule has 0 bridgehead atoms. The predicted octanol–water partition coefficient (Wildman–Crippen LogP) is 2.29. The van der Waals surface area contributed by atoms with Crippen molar-refractivity contribution in [3.05, 3.63) is 65.7 Å². The second-order valence-electron chi connectivity index (χ2n) is 6.58. The minimum absolute atomic E-state index is 0.0232. The molecule has 0 spiro atoms. The van der Waals surface area contributed by atoms with Crippen LogP contribution in [-0.2, 0) is 4.79 Å². The van der Waals surface area contributed by atoms with Crippen molar-refractivity contribution in [3.63, 3.8) is 0 Å². The Balaban J connectivity index is 1.51. The molecule has 27 heavy (non-hydrogen) atoms. The molecule has 1 aliphatic heterocycles. The Morgan fingerprint density at radius 2 is 1.52 bits per heavy atom. The highest BCUT2D eigenvalue weighted by Gasteiger charge is 2.23. The molecule has 0 saturated carbocycles. The number of carbonyl (C=O) groups is 3. The maximum absolute atomic E-state index is 12.5. The van der Waals surface area contributed by atoms with E-state index in [-0.39, 0.29) is 24.1 Å². The van der Waals surface area contributed by atoms with Gasteiger partial charge in [0.25, 0.3) is 5.91 Å². The molecule has 0 aliphatic carbocycles. The molecule has 2 aromatic rings. The molecule has 0 radical (unpaired) electrons. The van der Waals surface area contributed by atoms with E-state index in [9.17, 15) is 14.4 Å². The van der Waals surface area contributed by atoms with E-state index in [1.807, 2.05) is 40.1 Å². The lowest BCUT2D eigenvalue weighted by Gasteiger charge is -2.34. The van der Waals surface area contributed by atoms with Gasteiger partial charge in [0.1, 0.15) is 0 Å². The highest BCUT2D eigenvalue weighted by Crippen LogP contribution is 2.16. The summed E-state index contributed by atoms with van der Waals surface area (Å²) in [6, 6.07) is 16.2. The Kier molecular flexibility index (Phi) is 5.98. The second kappa shape index (κ2) is 8.60. The summed E-state index contributed by atoms with van der Waals surface area (Å²) in [5.41, 5.74) is 1.72. The van der Waals surface area contributed by atoms with Gasteiger partial charge in [-0.3, -0.25) is 19.3 Å². The van der Waals surface area contributed by atoms with Gasteiger partial charge in [-0.2, -0.15) is 0 Å². The molecular weight excluding hydrogens is 342 g/mol. The minimum atomic E-state index is -0.161. The van der Waals surface area contributed by atoms with Gasteiger partial charge in [-0.15, -0.1) is 0 Å². The average molecular weight is 365 g/mol. The summed E-state index contributed by atoms with van der Waals surface area (Å²) in [4.78, 5) is 40.3. The van der Waals surface area contributed by atoms with Crippen LogP contribution in [0, 0.1) is 0 Å². The number of hydrogen-bond donors (Lipinski definition) is 1. The number of nitrogens with zero attached hydrogens (tertiary/aromatic N) is 2. The van der Waals surface area contributed by atoms with E-state index in [1.54, 1.807) is 24.3 Å². The summed E-state index contributed by atoms with van der Waals surface area (Å²) < 4.78 is 0. The number of piperazine rings is 1. The topological polar surface area (TPSA) is 69.7 Å². The van der Waals surface area contributed by atoms with Gasteiger partial charge < -0.3 is 10.2 Å². The molecule has 6 heteroatoms. The number of anilines is 1. The molecule has 0 aromatic heterocycles. The number of nitrogens with one attached hydrogen (secondary N) is 1. The van der Waals surface area contributed by atoms with Crippen molar-refractivity contribution in [2.45, 2.75) is 6.92 Å². The van der Waals surface area contributed by atoms with E-state index in [2.05, 4.69) is 5.32 Å². The Bertz CT molecular complexity index is 828. The molecule has 1 N–H and O–H groups in total. The van der Waals surface area contributed by atoms with Crippen LogP contribution in [0.4, 0.5) is 5.69 Å². The van der Waals surface area contributed by atoms with Gasteiger partial charge in [-0.1, -0.05) is 30.3 Å². The highest BCUT2D eigenvalue weighted by atomic mass is 16.2. The van der Waals surface area contributed by atoms with Crippen molar-refractivity contribution in [1.29, 1.82) is 0 Å². The predicted molar refractivity (Wildman–Crippen MR) is 104 cm³/mol. The first kappa shape index (κ1) is 18.8. The third-order valence-corrected chi connectivity index (χ3v) is 4.63. The van der Waals surface area contributed by atoms with Crippen LogP contribution in [0.25, 0.3) is 0 Å². The van der Waals surface area contributed by atoms with Crippen molar-refractivity contribution in [2.24, 2.45) is 0 Å². The van der Waals surface area contributed by atoms with Crippen LogP contribution in [-0.4, -0.2) is 60.1 Å². The second-order valence-corrected chi connectivity index (χ2v) is 6.58. The Labute approximate surface area is 158 Å². The zero-order valence-electron chi connectivity index (χ0n) is 15.4. The summed E-state index contributed by atoms with van der Waals surface area (Å²) >= 11 is 0. The lowest BCUT2D eigenvalue weighted by Crippen LogP contribution is -2.50. The SMILES string of the molecule is CC(=O)c1ccccc1NC(=O)CN1CCN(C(=O)c2ccccc2)CC1. The van der Waals surface area contributed by atoms with Gasteiger partial charge in [-0.25, -0.2) is 0 Å². The van der Waals surface area contributed by atoms with Gasteiger partial charge in [0.2, 0.25) is 5.91 Å². The van der Waals surface area contributed by atoms with Crippen molar-refractivity contribution in [2.75, 3.05) is 38.0 Å². The van der Waals surface area contributed by atoms with Crippen LogP contribution in [0.2, 0.25) is 0 Å². The average Bonchev–Trinajstić information content (AvgIpc) is 2.69. The number of Topliss-reactive ketones (excluding diaryl/α,β-unsaturated/α-hetero) is 1. The standard InChI is InChI=1S/C21H23N3O3/c1-16(25)18-9-5-6-10-19(18)22-20(26)15-23-11-13-24(14-12-23)21(27)17-7-3-2-4-8-17/h2-10H,11-15H2,1H3,(H,22,26). The van der Waals surface area contributed by atoms with Gasteiger partial charge in [-0.05, 0) is 31.2 Å². The largest absolute Gasteiger partial charge is 0.336 e. The van der Waals surface area contributed by atoms with Crippen molar-refractivity contribution in [1.82, 2.24) is 9.80 Å². The first-order valence-electron chi connectivity index (χ1n) is 9.01. The quantitative estimate of drug-likeness (QED) is 0.826. The highest BCUT2D eigenvalue weighted by molar-refractivity contribution is 6.04. The molecule has 1 aliphatic rings. The van der Waals surface area contributed by atoms with Crippen LogP contribution >= 0.6 is 0 Å².